The fourth-order valence-corrected chi connectivity index (χ4v) is 6.67. The van der Waals surface area contributed by atoms with Crippen LogP contribution >= 0.6 is 0 Å². The number of aryl methyl sites for hydroxylation is 1. The van der Waals surface area contributed by atoms with Gasteiger partial charge in [-0.15, -0.1) is 0 Å². The Morgan fingerprint density at radius 1 is 0.515 bits per heavy atom. The first-order valence-corrected chi connectivity index (χ1v) is 11.5. The summed E-state index contributed by atoms with van der Waals surface area (Å²) in [6, 6.07) is 37.7. The zero-order valence-electron chi connectivity index (χ0n) is 18.2. The Labute approximate surface area is 191 Å². The number of benzene rings is 5. The number of furan rings is 1. The fraction of sp³-hybridized carbons (Fsp3) is 0.0625. The van der Waals surface area contributed by atoms with E-state index in [2.05, 4.69) is 104 Å². The van der Waals surface area contributed by atoms with Gasteiger partial charge in [-0.3, -0.25) is 0 Å². The SMILES string of the molecule is Cc1cccc2c1-c1ccccc1C21c2ccccc2-c2c1ccc1oc3ccccc3c21. The molecule has 0 saturated heterocycles. The summed E-state index contributed by atoms with van der Waals surface area (Å²) >= 11 is 0. The smallest absolute Gasteiger partial charge is 0.136 e. The van der Waals surface area contributed by atoms with E-state index >= 15 is 0 Å². The zero-order valence-corrected chi connectivity index (χ0v) is 18.2. The molecule has 1 nitrogen and oxygen atoms in total. The molecule has 2 aliphatic carbocycles. The topological polar surface area (TPSA) is 13.1 Å². The number of hydrogen-bond donors (Lipinski definition) is 0. The molecule has 0 N–H and O–H groups in total. The molecule has 1 heteroatoms. The van der Waals surface area contributed by atoms with Crippen molar-refractivity contribution >= 4 is 21.9 Å². The van der Waals surface area contributed by atoms with Crippen LogP contribution in [0, 0.1) is 6.92 Å². The largest absolute Gasteiger partial charge is 0.456 e. The van der Waals surface area contributed by atoms with Crippen molar-refractivity contribution in [1.82, 2.24) is 0 Å². The Bertz CT molecular complexity index is 1780. The fourth-order valence-electron chi connectivity index (χ4n) is 6.67. The Morgan fingerprint density at radius 2 is 1.15 bits per heavy atom. The van der Waals surface area contributed by atoms with E-state index in [1.165, 1.54) is 60.8 Å². The third-order valence-electron chi connectivity index (χ3n) is 7.83. The maximum Gasteiger partial charge on any atom is 0.136 e. The average molecular weight is 421 g/mol. The summed E-state index contributed by atoms with van der Waals surface area (Å²) in [5.74, 6) is 0. The second-order valence-corrected chi connectivity index (χ2v) is 9.30. The standard InChI is InChI=1S/C32H20O/c1-19-9-8-15-25-29(19)20-10-2-5-13-23(20)32(25)24-14-6-3-11-21(24)30-26(32)17-18-28-31(30)22-12-4-7-16-27(22)33-28/h2-18H,1H3. The van der Waals surface area contributed by atoms with Crippen molar-refractivity contribution in [2.75, 3.05) is 0 Å². The second-order valence-electron chi connectivity index (χ2n) is 9.30. The van der Waals surface area contributed by atoms with E-state index in [9.17, 15) is 0 Å². The lowest BCUT2D eigenvalue weighted by Gasteiger charge is -2.30. The van der Waals surface area contributed by atoms with E-state index in [1.54, 1.807) is 0 Å². The quantitative estimate of drug-likeness (QED) is 0.241. The first-order valence-electron chi connectivity index (χ1n) is 11.5. The van der Waals surface area contributed by atoms with E-state index in [0.717, 1.165) is 11.2 Å². The number of rotatable bonds is 0. The van der Waals surface area contributed by atoms with E-state index in [4.69, 9.17) is 4.42 Å². The van der Waals surface area contributed by atoms with Crippen LogP contribution in [0.15, 0.2) is 108 Å². The summed E-state index contributed by atoms with van der Waals surface area (Å²) in [5, 5.41) is 2.41. The van der Waals surface area contributed by atoms with Crippen LogP contribution in [-0.2, 0) is 5.41 Å². The van der Waals surface area contributed by atoms with Crippen molar-refractivity contribution in [2.24, 2.45) is 0 Å². The van der Waals surface area contributed by atoms with Gasteiger partial charge in [0.25, 0.3) is 0 Å². The van der Waals surface area contributed by atoms with Gasteiger partial charge in [0.05, 0.1) is 5.41 Å². The van der Waals surface area contributed by atoms with Crippen LogP contribution in [0.4, 0.5) is 0 Å². The summed E-state index contributed by atoms with van der Waals surface area (Å²) in [5.41, 5.74) is 13.8. The molecule has 6 aromatic rings. The Hall–Kier alpha value is -4.10. The van der Waals surface area contributed by atoms with Gasteiger partial charge < -0.3 is 4.42 Å². The highest BCUT2D eigenvalue weighted by atomic mass is 16.3. The summed E-state index contributed by atoms with van der Waals surface area (Å²) in [7, 11) is 0. The first-order chi connectivity index (χ1) is 16.3. The van der Waals surface area contributed by atoms with Gasteiger partial charge in [0.1, 0.15) is 11.2 Å². The van der Waals surface area contributed by atoms with Gasteiger partial charge >= 0.3 is 0 Å². The molecule has 1 heterocycles. The molecule has 1 unspecified atom stereocenters. The lowest BCUT2D eigenvalue weighted by molar-refractivity contribution is 0.668. The Kier molecular flexibility index (Phi) is 3.08. The van der Waals surface area contributed by atoms with E-state index in [0.29, 0.717) is 0 Å². The van der Waals surface area contributed by atoms with Gasteiger partial charge in [-0.1, -0.05) is 91.0 Å². The van der Waals surface area contributed by atoms with Gasteiger partial charge in [-0.25, -0.2) is 0 Å². The molecule has 1 spiro atoms. The van der Waals surface area contributed by atoms with Crippen molar-refractivity contribution < 1.29 is 4.42 Å². The maximum absolute atomic E-state index is 6.30. The predicted octanol–water partition coefficient (Wildman–Crippen LogP) is 8.24. The molecule has 0 aliphatic heterocycles. The third-order valence-corrected chi connectivity index (χ3v) is 7.83. The highest BCUT2D eigenvalue weighted by Crippen LogP contribution is 2.64. The minimum absolute atomic E-state index is 0.309. The van der Waals surface area contributed by atoms with E-state index in [1.807, 2.05) is 6.07 Å². The average Bonchev–Trinajstić information content (AvgIpc) is 3.48. The second kappa shape index (κ2) is 5.82. The first kappa shape index (κ1) is 17.5. The van der Waals surface area contributed by atoms with Gasteiger partial charge in [0.15, 0.2) is 0 Å². The number of hydrogen-bond acceptors (Lipinski definition) is 1. The molecule has 154 valence electrons. The van der Waals surface area contributed by atoms with Gasteiger partial charge in [-0.05, 0) is 69.1 Å². The van der Waals surface area contributed by atoms with Crippen LogP contribution in [-0.4, -0.2) is 0 Å². The molecule has 0 radical (unpaired) electrons. The predicted molar refractivity (Wildman–Crippen MR) is 135 cm³/mol. The van der Waals surface area contributed by atoms with Crippen LogP contribution in [0.25, 0.3) is 44.2 Å². The van der Waals surface area contributed by atoms with Crippen LogP contribution in [0.2, 0.25) is 0 Å². The summed E-state index contributed by atoms with van der Waals surface area (Å²) in [6.07, 6.45) is 0. The zero-order chi connectivity index (χ0) is 21.7. The van der Waals surface area contributed by atoms with Crippen LogP contribution in [0.5, 0.6) is 0 Å². The molecular weight excluding hydrogens is 400 g/mol. The van der Waals surface area contributed by atoms with Crippen LogP contribution < -0.4 is 0 Å². The van der Waals surface area contributed by atoms with Crippen molar-refractivity contribution in [3.8, 4) is 22.3 Å². The highest BCUT2D eigenvalue weighted by molar-refractivity contribution is 6.16. The normalized spacial score (nSPS) is 17.4. The van der Waals surface area contributed by atoms with Gasteiger partial charge in [0.2, 0.25) is 0 Å². The van der Waals surface area contributed by atoms with Crippen molar-refractivity contribution in [1.29, 1.82) is 0 Å². The minimum Gasteiger partial charge on any atom is -0.456 e. The monoisotopic (exact) mass is 420 g/mol. The molecule has 5 aromatic carbocycles. The molecule has 8 rings (SSSR count). The number of para-hydroxylation sites is 1. The summed E-state index contributed by atoms with van der Waals surface area (Å²) < 4.78 is 6.30. The molecule has 33 heavy (non-hydrogen) atoms. The van der Waals surface area contributed by atoms with Crippen LogP contribution in [0.1, 0.15) is 27.8 Å². The number of fused-ring (bicyclic) bond motifs is 14. The lowest BCUT2D eigenvalue weighted by Crippen LogP contribution is -2.25. The summed E-state index contributed by atoms with van der Waals surface area (Å²) in [6.45, 7) is 2.24. The Morgan fingerprint density at radius 3 is 1.97 bits per heavy atom. The molecule has 1 atom stereocenters. The lowest BCUT2D eigenvalue weighted by atomic mass is 9.70. The van der Waals surface area contributed by atoms with Crippen molar-refractivity contribution in [3.63, 3.8) is 0 Å². The molecule has 2 aliphatic rings. The van der Waals surface area contributed by atoms with Gasteiger partial charge in [-0.2, -0.15) is 0 Å². The molecular formula is C32H20O. The minimum atomic E-state index is -0.309. The van der Waals surface area contributed by atoms with Crippen molar-refractivity contribution in [2.45, 2.75) is 12.3 Å². The molecule has 0 saturated carbocycles. The Balaban J connectivity index is 1.65. The molecule has 1 aromatic heterocycles. The van der Waals surface area contributed by atoms with E-state index in [-0.39, 0.29) is 5.41 Å². The van der Waals surface area contributed by atoms with E-state index < -0.39 is 0 Å². The van der Waals surface area contributed by atoms with Crippen molar-refractivity contribution in [3.05, 3.63) is 131 Å². The molecule has 0 bridgehead atoms. The third kappa shape index (κ3) is 1.88. The molecule has 0 fully saturated rings. The maximum atomic E-state index is 6.30. The molecule has 0 amide bonds. The summed E-state index contributed by atoms with van der Waals surface area (Å²) in [4.78, 5) is 0. The highest BCUT2D eigenvalue weighted by Gasteiger charge is 2.52. The van der Waals surface area contributed by atoms with Crippen LogP contribution in [0.3, 0.4) is 0 Å². The van der Waals surface area contributed by atoms with Gasteiger partial charge in [0, 0.05) is 10.8 Å².